The minimum Gasteiger partial charge on any atom is -0.508 e. The number of nitrogens with one attached hydrogen (secondary N) is 2. The number of hydrogen-bond acceptors (Lipinski definition) is 5. The summed E-state index contributed by atoms with van der Waals surface area (Å²) < 4.78 is 5.49. The van der Waals surface area contributed by atoms with Gasteiger partial charge in [-0.15, -0.1) is 0 Å². The van der Waals surface area contributed by atoms with E-state index in [0.717, 1.165) is 47.9 Å². The second-order valence-electron chi connectivity index (χ2n) is 12.0. The Morgan fingerprint density at radius 3 is 2.23 bits per heavy atom. The molecule has 8 heteroatoms. The summed E-state index contributed by atoms with van der Waals surface area (Å²) in [5.41, 5.74) is 2.89. The number of hydrogen-bond donors (Lipinski definition) is 3. The van der Waals surface area contributed by atoms with Crippen molar-refractivity contribution in [2.45, 2.75) is 110 Å². The Kier molecular flexibility index (Phi) is 10.2. The molecule has 0 heterocycles. The van der Waals surface area contributed by atoms with Gasteiger partial charge in [-0.1, -0.05) is 43.7 Å². The minimum atomic E-state index is -0.977. The van der Waals surface area contributed by atoms with Crippen LogP contribution in [0.1, 0.15) is 88.6 Å². The van der Waals surface area contributed by atoms with Crippen molar-refractivity contribution < 1.29 is 24.2 Å². The molecule has 2 aromatic carbocycles. The molecule has 0 aliphatic heterocycles. The van der Waals surface area contributed by atoms with Gasteiger partial charge >= 0.3 is 6.09 Å². The molecule has 0 radical (unpaired) electrons. The molecule has 40 heavy (non-hydrogen) atoms. The van der Waals surface area contributed by atoms with Crippen LogP contribution in [0.4, 0.5) is 4.79 Å². The van der Waals surface area contributed by atoms with E-state index in [2.05, 4.69) is 17.6 Å². The third kappa shape index (κ3) is 8.73. The molecule has 0 saturated heterocycles. The second-order valence-corrected chi connectivity index (χ2v) is 12.0. The number of ether oxygens (including phenoxy) is 1. The van der Waals surface area contributed by atoms with E-state index < -0.39 is 23.8 Å². The fourth-order valence-electron chi connectivity index (χ4n) is 4.77. The first-order valence-corrected chi connectivity index (χ1v) is 14.3. The van der Waals surface area contributed by atoms with E-state index in [1.165, 1.54) is 0 Å². The number of aryl methyl sites for hydroxylation is 2. The minimum absolute atomic E-state index is 0.0459. The summed E-state index contributed by atoms with van der Waals surface area (Å²) in [6.45, 7) is 13.3. The van der Waals surface area contributed by atoms with E-state index in [0.29, 0.717) is 0 Å². The van der Waals surface area contributed by atoms with Crippen LogP contribution in [0.15, 0.2) is 42.5 Å². The number of alkyl carbamates (subject to hydrolysis) is 1. The number of phenols is 1. The van der Waals surface area contributed by atoms with Crippen LogP contribution < -0.4 is 10.6 Å². The van der Waals surface area contributed by atoms with Crippen molar-refractivity contribution in [3.8, 4) is 5.75 Å². The molecule has 8 nitrogen and oxygen atoms in total. The first-order valence-electron chi connectivity index (χ1n) is 14.3. The van der Waals surface area contributed by atoms with E-state index in [1.807, 2.05) is 39.0 Å². The predicted molar refractivity (Wildman–Crippen MR) is 156 cm³/mol. The molecule has 2 aromatic rings. The molecule has 3 rings (SSSR count). The van der Waals surface area contributed by atoms with Crippen LogP contribution >= 0.6 is 0 Å². The topological polar surface area (TPSA) is 108 Å². The molecular weight excluding hydrogens is 506 g/mol. The lowest BCUT2D eigenvalue weighted by Gasteiger charge is -2.35. The highest BCUT2D eigenvalue weighted by Gasteiger charge is 2.44. The smallest absolute Gasteiger partial charge is 0.408 e. The van der Waals surface area contributed by atoms with Crippen molar-refractivity contribution in [2.24, 2.45) is 0 Å². The molecule has 1 fully saturated rings. The van der Waals surface area contributed by atoms with Gasteiger partial charge in [0.25, 0.3) is 0 Å². The average Bonchev–Trinajstić information content (AvgIpc) is 3.69. The Morgan fingerprint density at radius 2 is 1.68 bits per heavy atom. The zero-order valence-electron chi connectivity index (χ0n) is 24.9. The number of carbonyl (C=O) groups excluding carboxylic acids is 3. The molecule has 3 unspecified atom stereocenters. The molecule has 1 aliphatic carbocycles. The van der Waals surface area contributed by atoms with Crippen molar-refractivity contribution in [3.63, 3.8) is 0 Å². The molecule has 3 atom stereocenters. The molecular formula is C32H45N3O5. The fraction of sp³-hybridized carbons (Fsp3) is 0.531. The normalized spacial score (nSPS) is 15.5. The van der Waals surface area contributed by atoms with Crippen LogP contribution in [0.5, 0.6) is 5.75 Å². The third-order valence-corrected chi connectivity index (χ3v) is 7.04. The van der Waals surface area contributed by atoms with Crippen LogP contribution in [0.3, 0.4) is 0 Å². The average molecular weight is 552 g/mol. The molecule has 1 aliphatic rings. The SMILES string of the molecule is CCCC(C)NC(=O)C(c1ccc(C)c(C)c1)N(C(=O)C(Cc1ccc(O)cc1)NC(=O)OC(C)(C)C)C1CC1. The van der Waals surface area contributed by atoms with Crippen molar-refractivity contribution in [1.29, 1.82) is 0 Å². The number of phenolic OH excluding ortho intramolecular Hbond substituents is 1. The zero-order chi connectivity index (χ0) is 29.6. The standard InChI is InChI=1S/C32H45N3O5/c1-8-9-22(4)33-29(37)28(24-13-10-20(2)21(3)18-24)35(25-14-15-25)30(38)27(34-31(39)40-32(5,6)7)19-23-11-16-26(36)17-12-23/h10-13,16-18,22,25,27-28,36H,8-9,14-15,19H2,1-7H3,(H,33,37)(H,34,39). The quantitative estimate of drug-likeness (QED) is 0.343. The third-order valence-electron chi connectivity index (χ3n) is 7.04. The van der Waals surface area contributed by atoms with Crippen molar-refractivity contribution in [3.05, 3.63) is 64.7 Å². The highest BCUT2D eigenvalue weighted by atomic mass is 16.6. The van der Waals surface area contributed by atoms with Crippen LogP contribution in [0, 0.1) is 13.8 Å². The van der Waals surface area contributed by atoms with Gasteiger partial charge in [-0.05, 0) is 95.2 Å². The number of nitrogens with zero attached hydrogens (tertiary/aromatic N) is 1. The van der Waals surface area contributed by atoms with Gasteiger partial charge in [0.05, 0.1) is 0 Å². The van der Waals surface area contributed by atoms with Crippen LogP contribution in [-0.4, -0.2) is 51.6 Å². The lowest BCUT2D eigenvalue weighted by atomic mass is 9.97. The fourth-order valence-corrected chi connectivity index (χ4v) is 4.77. The maximum atomic E-state index is 14.4. The summed E-state index contributed by atoms with van der Waals surface area (Å²) >= 11 is 0. The Bertz CT molecular complexity index is 1180. The van der Waals surface area contributed by atoms with Crippen LogP contribution in [0.2, 0.25) is 0 Å². The second kappa shape index (κ2) is 13.2. The maximum Gasteiger partial charge on any atom is 0.408 e. The Hall–Kier alpha value is -3.55. The van der Waals surface area contributed by atoms with Gasteiger partial charge in [-0.25, -0.2) is 4.79 Å². The number of amides is 3. The van der Waals surface area contributed by atoms with Gasteiger partial charge < -0.3 is 25.4 Å². The summed E-state index contributed by atoms with van der Waals surface area (Å²) in [4.78, 5) is 42.8. The summed E-state index contributed by atoms with van der Waals surface area (Å²) in [5.74, 6) is -0.466. The highest BCUT2D eigenvalue weighted by Crippen LogP contribution is 2.36. The van der Waals surface area contributed by atoms with E-state index in [-0.39, 0.29) is 36.1 Å². The Morgan fingerprint density at radius 1 is 1.02 bits per heavy atom. The van der Waals surface area contributed by atoms with Gasteiger partial charge in [-0.2, -0.15) is 0 Å². The summed E-state index contributed by atoms with van der Waals surface area (Å²) in [6, 6.07) is 10.4. The van der Waals surface area contributed by atoms with Crippen LogP contribution in [0.25, 0.3) is 0 Å². The largest absolute Gasteiger partial charge is 0.508 e. The molecule has 0 spiro atoms. The first kappa shape index (κ1) is 31.0. The molecule has 3 amide bonds. The number of aromatic hydroxyl groups is 1. The summed E-state index contributed by atoms with van der Waals surface area (Å²) in [6.07, 6.45) is 2.79. The highest BCUT2D eigenvalue weighted by molar-refractivity contribution is 5.93. The molecule has 3 N–H and O–H groups in total. The van der Waals surface area contributed by atoms with Crippen molar-refractivity contribution in [2.75, 3.05) is 0 Å². The molecule has 0 bridgehead atoms. The zero-order valence-corrected chi connectivity index (χ0v) is 24.9. The Balaban J connectivity index is 2.02. The summed E-state index contributed by atoms with van der Waals surface area (Å²) in [5, 5.41) is 15.7. The predicted octanol–water partition coefficient (Wildman–Crippen LogP) is 5.48. The summed E-state index contributed by atoms with van der Waals surface area (Å²) in [7, 11) is 0. The number of carbonyl (C=O) groups is 3. The van der Waals surface area contributed by atoms with Crippen molar-refractivity contribution >= 4 is 17.9 Å². The van der Waals surface area contributed by atoms with E-state index in [4.69, 9.17) is 4.74 Å². The molecule has 1 saturated carbocycles. The first-order chi connectivity index (χ1) is 18.8. The number of rotatable bonds is 11. The molecule has 218 valence electrons. The van der Waals surface area contributed by atoms with Gasteiger partial charge in [0, 0.05) is 18.5 Å². The van der Waals surface area contributed by atoms with Gasteiger partial charge in [0.15, 0.2) is 0 Å². The van der Waals surface area contributed by atoms with E-state index in [9.17, 15) is 19.5 Å². The lowest BCUT2D eigenvalue weighted by Crippen LogP contribution is -2.55. The monoisotopic (exact) mass is 551 g/mol. The van der Waals surface area contributed by atoms with Crippen LogP contribution in [-0.2, 0) is 20.7 Å². The number of benzene rings is 2. The molecule has 0 aromatic heterocycles. The van der Waals surface area contributed by atoms with Crippen molar-refractivity contribution in [1.82, 2.24) is 15.5 Å². The maximum absolute atomic E-state index is 14.4. The van der Waals surface area contributed by atoms with Gasteiger partial charge in [0.2, 0.25) is 11.8 Å². The lowest BCUT2D eigenvalue weighted by molar-refractivity contribution is -0.143. The van der Waals surface area contributed by atoms with E-state index in [1.54, 1.807) is 49.9 Å². The van der Waals surface area contributed by atoms with E-state index >= 15 is 0 Å². The van der Waals surface area contributed by atoms with Gasteiger partial charge in [-0.3, -0.25) is 9.59 Å². The van der Waals surface area contributed by atoms with Gasteiger partial charge in [0.1, 0.15) is 23.4 Å². The Labute approximate surface area is 238 Å².